The third kappa shape index (κ3) is 7.31. The van der Waals surface area contributed by atoms with Crippen molar-refractivity contribution in [3.63, 3.8) is 0 Å². The van der Waals surface area contributed by atoms with Gasteiger partial charge in [-0.1, -0.05) is 0 Å². The quantitative estimate of drug-likeness (QED) is 0.193. The molecule has 0 saturated carbocycles. The number of hydrogen-bond acceptors (Lipinski definition) is 7. The number of carbonyl (C=O) groups excluding carboxylic acids is 5. The number of carbonyl (C=O) groups is 6. The van der Waals surface area contributed by atoms with Crippen molar-refractivity contribution in [3.05, 3.63) is 0 Å². The van der Waals surface area contributed by atoms with Crippen LogP contribution in [0.15, 0.2) is 0 Å². The van der Waals surface area contributed by atoms with Gasteiger partial charge in [0.05, 0.1) is 12.5 Å². The predicted molar refractivity (Wildman–Crippen MR) is 102 cm³/mol. The predicted octanol–water partition coefficient (Wildman–Crippen LogP) is -3.48. The molecule has 1 rings (SSSR count). The fourth-order valence-electron chi connectivity index (χ4n) is 3.03. The van der Waals surface area contributed by atoms with Crippen molar-refractivity contribution in [3.8, 4) is 0 Å². The molecule has 9 N–H and O–H groups in total. The molecular formula is C17H28N6O7. The monoisotopic (exact) mass is 428 g/mol. The van der Waals surface area contributed by atoms with Crippen molar-refractivity contribution in [2.24, 2.45) is 17.2 Å². The summed E-state index contributed by atoms with van der Waals surface area (Å²) in [5, 5.41) is 13.8. The van der Waals surface area contributed by atoms with E-state index in [-0.39, 0.29) is 19.4 Å². The molecule has 0 aromatic heterocycles. The van der Waals surface area contributed by atoms with E-state index in [0.29, 0.717) is 12.8 Å². The fourth-order valence-corrected chi connectivity index (χ4v) is 3.03. The fraction of sp³-hybridized carbons (Fsp3) is 0.647. The van der Waals surface area contributed by atoms with Crippen molar-refractivity contribution < 1.29 is 33.9 Å². The summed E-state index contributed by atoms with van der Waals surface area (Å²) in [5.41, 5.74) is 15.7. The molecule has 0 bridgehead atoms. The molecule has 1 fully saturated rings. The molecule has 0 aromatic rings. The van der Waals surface area contributed by atoms with Crippen LogP contribution in [0.5, 0.6) is 0 Å². The van der Waals surface area contributed by atoms with Gasteiger partial charge in [-0.15, -0.1) is 0 Å². The second kappa shape index (κ2) is 11.1. The summed E-state index contributed by atoms with van der Waals surface area (Å²) in [6.45, 7) is 1.65. The first kappa shape index (κ1) is 24.8. The van der Waals surface area contributed by atoms with Crippen molar-refractivity contribution in [1.82, 2.24) is 15.5 Å². The summed E-state index contributed by atoms with van der Waals surface area (Å²) in [4.78, 5) is 71.5. The molecule has 1 aliphatic heterocycles. The molecule has 4 unspecified atom stereocenters. The molecule has 0 radical (unpaired) electrons. The Bertz CT molecular complexity index is 713. The number of carboxylic acids is 1. The Kier molecular flexibility index (Phi) is 9.17. The number of nitrogens with two attached hydrogens (primary N) is 3. The van der Waals surface area contributed by atoms with E-state index in [1.165, 1.54) is 11.8 Å². The van der Waals surface area contributed by atoms with Crippen LogP contribution in [-0.4, -0.2) is 76.2 Å². The smallest absolute Gasteiger partial charge is 0.326 e. The number of nitrogens with zero attached hydrogens (tertiary/aromatic N) is 1. The van der Waals surface area contributed by atoms with Crippen LogP contribution in [-0.2, 0) is 28.8 Å². The molecule has 0 spiro atoms. The third-order valence-corrected chi connectivity index (χ3v) is 4.63. The van der Waals surface area contributed by atoms with Gasteiger partial charge in [0.2, 0.25) is 29.5 Å². The molecule has 1 aliphatic rings. The van der Waals surface area contributed by atoms with E-state index in [1.54, 1.807) is 0 Å². The van der Waals surface area contributed by atoms with Crippen LogP contribution in [0.3, 0.4) is 0 Å². The first-order chi connectivity index (χ1) is 13.9. The Balaban J connectivity index is 2.72. The normalized spacial score (nSPS) is 18.7. The molecule has 30 heavy (non-hydrogen) atoms. The van der Waals surface area contributed by atoms with Gasteiger partial charge in [0.1, 0.15) is 18.1 Å². The number of rotatable bonds is 11. The average molecular weight is 428 g/mol. The van der Waals surface area contributed by atoms with Gasteiger partial charge < -0.3 is 37.8 Å². The topological polar surface area (TPSA) is 228 Å². The largest absolute Gasteiger partial charge is 0.480 e. The van der Waals surface area contributed by atoms with Crippen LogP contribution in [0.4, 0.5) is 0 Å². The SMILES string of the molecule is CC(NC(=O)C(N)CCC(N)=O)C(=O)N1CCCC1C(=O)NC(CC(N)=O)C(=O)O. The maximum atomic E-state index is 12.7. The second-order valence-electron chi connectivity index (χ2n) is 7.10. The van der Waals surface area contributed by atoms with Crippen LogP contribution < -0.4 is 27.8 Å². The lowest BCUT2D eigenvalue weighted by Crippen LogP contribution is -2.56. The zero-order chi connectivity index (χ0) is 23.0. The van der Waals surface area contributed by atoms with E-state index >= 15 is 0 Å². The Morgan fingerprint density at radius 1 is 1.10 bits per heavy atom. The Hall–Kier alpha value is -3.22. The molecule has 13 heteroatoms. The molecule has 1 saturated heterocycles. The molecule has 1 heterocycles. The molecule has 4 atom stereocenters. The van der Waals surface area contributed by atoms with E-state index in [4.69, 9.17) is 22.3 Å². The summed E-state index contributed by atoms with van der Waals surface area (Å²) in [6.07, 6.45) is 0.140. The van der Waals surface area contributed by atoms with Gasteiger partial charge >= 0.3 is 5.97 Å². The number of aliphatic carboxylic acids is 1. The van der Waals surface area contributed by atoms with Crippen LogP contribution in [0.2, 0.25) is 0 Å². The summed E-state index contributed by atoms with van der Waals surface area (Å²) in [7, 11) is 0. The maximum absolute atomic E-state index is 12.7. The lowest BCUT2D eigenvalue weighted by Gasteiger charge is -2.28. The van der Waals surface area contributed by atoms with Gasteiger partial charge in [-0.05, 0) is 26.2 Å². The molecule has 0 aliphatic carbocycles. The molecule has 168 valence electrons. The summed E-state index contributed by atoms with van der Waals surface area (Å²) >= 11 is 0. The minimum Gasteiger partial charge on any atom is -0.480 e. The Morgan fingerprint density at radius 2 is 1.73 bits per heavy atom. The lowest BCUT2D eigenvalue weighted by atomic mass is 10.1. The van der Waals surface area contributed by atoms with E-state index in [0.717, 1.165) is 0 Å². The molecule has 0 aromatic carbocycles. The highest BCUT2D eigenvalue weighted by molar-refractivity contribution is 5.95. The molecule has 13 nitrogen and oxygen atoms in total. The van der Waals surface area contributed by atoms with Crippen molar-refractivity contribution >= 4 is 35.5 Å². The van der Waals surface area contributed by atoms with Gasteiger partial charge in [-0.2, -0.15) is 0 Å². The van der Waals surface area contributed by atoms with Crippen LogP contribution in [0.25, 0.3) is 0 Å². The van der Waals surface area contributed by atoms with Gasteiger partial charge in [0.15, 0.2) is 0 Å². The minimum absolute atomic E-state index is 0.0211. The Morgan fingerprint density at radius 3 is 2.27 bits per heavy atom. The van der Waals surface area contributed by atoms with E-state index in [1.807, 2.05) is 0 Å². The summed E-state index contributed by atoms with van der Waals surface area (Å²) in [6, 6.07) is -4.50. The zero-order valence-corrected chi connectivity index (χ0v) is 16.6. The maximum Gasteiger partial charge on any atom is 0.326 e. The highest BCUT2D eigenvalue weighted by atomic mass is 16.4. The number of primary amides is 2. The number of likely N-dealkylation sites (tertiary alicyclic amines) is 1. The van der Waals surface area contributed by atoms with E-state index < -0.39 is 66.1 Å². The standard InChI is InChI=1S/C17H28N6O7/c1-8(21-14(26)9(18)4-5-12(19)24)16(28)23-6-2-3-11(23)15(27)22-10(17(29)30)7-13(20)25/h8-11H,2-7,18H2,1H3,(H2,19,24)(H2,20,25)(H,21,26)(H,22,27)(H,29,30). The van der Waals surface area contributed by atoms with E-state index in [2.05, 4.69) is 10.6 Å². The van der Waals surface area contributed by atoms with Crippen LogP contribution in [0.1, 0.15) is 39.0 Å². The third-order valence-electron chi connectivity index (χ3n) is 4.63. The van der Waals surface area contributed by atoms with Gasteiger partial charge in [0, 0.05) is 13.0 Å². The Labute approximate surface area is 172 Å². The first-order valence-electron chi connectivity index (χ1n) is 9.40. The number of hydrogen-bond donors (Lipinski definition) is 6. The van der Waals surface area contributed by atoms with Gasteiger partial charge in [0.25, 0.3) is 0 Å². The van der Waals surface area contributed by atoms with Crippen LogP contribution in [0, 0.1) is 0 Å². The van der Waals surface area contributed by atoms with Gasteiger partial charge in [-0.3, -0.25) is 24.0 Å². The average Bonchev–Trinajstić information content (AvgIpc) is 3.13. The van der Waals surface area contributed by atoms with Crippen LogP contribution >= 0.6 is 0 Å². The molecular weight excluding hydrogens is 400 g/mol. The second-order valence-corrected chi connectivity index (χ2v) is 7.10. The van der Waals surface area contributed by atoms with Crippen molar-refractivity contribution in [2.45, 2.75) is 63.2 Å². The van der Waals surface area contributed by atoms with Crippen molar-refractivity contribution in [1.29, 1.82) is 0 Å². The number of amides is 5. The summed E-state index contributed by atoms with van der Waals surface area (Å²) in [5.74, 6) is -4.86. The highest BCUT2D eigenvalue weighted by Crippen LogP contribution is 2.19. The minimum atomic E-state index is -1.51. The first-order valence-corrected chi connectivity index (χ1v) is 9.40. The van der Waals surface area contributed by atoms with E-state index in [9.17, 15) is 28.8 Å². The number of carboxylic acid groups (broad SMARTS) is 1. The highest BCUT2D eigenvalue weighted by Gasteiger charge is 2.38. The number of nitrogens with one attached hydrogen (secondary N) is 2. The lowest BCUT2D eigenvalue weighted by molar-refractivity contribution is -0.145. The van der Waals surface area contributed by atoms with Gasteiger partial charge in [-0.25, -0.2) is 4.79 Å². The summed E-state index contributed by atoms with van der Waals surface area (Å²) < 4.78 is 0. The molecule has 5 amide bonds. The van der Waals surface area contributed by atoms with Crippen molar-refractivity contribution in [2.75, 3.05) is 6.54 Å². The zero-order valence-electron chi connectivity index (χ0n) is 16.6.